The molecule has 1 aromatic carbocycles. The largest absolute Gasteiger partial charge is 0.393 e. The van der Waals surface area contributed by atoms with Gasteiger partial charge in [0.2, 0.25) is 5.91 Å². The van der Waals surface area contributed by atoms with Gasteiger partial charge in [-0.05, 0) is 24.5 Å². The fourth-order valence-electron chi connectivity index (χ4n) is 2.46. The Balaban J connectivity index is 1.87. The number of aliphatic hydroxyl groups excluding tert-OH is 1. The summed E-state index contributed by atoms with van der Waals surface area (Å²) in [5.41, 5.74) is 0.590. The van der Waals surface area contributed by atoms with E-state index in [1.807, 2.05) is 0 Å². The van der Waals surface area contributed by atoms with E-state index in [1.165, 1.54) is 24.3 Å². The molecule has 0 saturated heterocycles. The zero-order valence-electron chi connectivity index (χ0n) is 11.6. The van der Waals surface area contributed by atoms with Crippen molar-refractivity contribution < 1.29 is 14.8 Å². The zero-order valence-corrected chi connectivity index (χ0v) is 11.6. The summed E-state index contributed by atoms with van der Waals surface area (Å²) >= 11 is 0. The van der Waals surface area contributed by atoms with Crippen LogP contribution in [-0.2, 0) is 4.79 Å². The lowest BCUT2D eigenvalue weighted by atomic mass is 10.1. The summed E-state index contributed by atoms with van der Waals surface area (Å²) in [5, 5.41) is 23.1. The molecule has 1 aliphatic carbocycles. The molecule has 1 aromatic rings. The van der Waals surface area contributed by atoms with Crippen LogP contribution in [-0.4, -0.2) is 28.6 Å². The summed E-state index contributed by atoms with van der Waals surface area (Å²) in [6, 6.07) is 6.07. The minimum atomic E-state index is -0.473. The Labute approximate surface area is 122 Å². The number of nitrogens with one attached hydrogen (secondary N) is 1. The van der Waals surface area contributed by atoms with Crippen LogP contribution in [0.5, 0.6) is 0 Å². The van der Waals surface area contributed by atoms with Crippen molar-refractivity contribution in [3.8, 4) is 0 Å². The lowest BCUT2D eigenvalue weighted by molar-refractivity contribution is -0.384. The van der Waals surface area contributed by atoms with Gasteiger partial charge in [-0.15, -0.1) is 0 Å². The Hall–Kier alpha value is -2.21. The maximum absolute atomic E-state index is 11.7. The molecule has 2 rings (SSSR count). The molecule has 6 heteroatoms. The predicted octanol–water partition coefficient (Wildman–Crippen LogP) is 1.89. The van der Waals surface area contributed by atoms with Crippen molar-refractivity contribution in [2.24, 2.45) is 5.92 Å². The molecule has 0 aromatic heterocycles. The molecule has 0 radical (unpaired) electrons. The summed E-state index contributed by atoms with van der Waals surface area (Å²) in [6.45, 7) is 0.458. The summed E-state index contributed by atoms with van der Waals surface area (Å²) in [7, 11) is 0. The molecule has 112 valence electrons. The number of nitro benzene ring substituents is 1. The maximum Gasteiger partial charge on any atom is 0.270 e. The molecule has 1 saturated carbocycles. The van der Waals surface area contributed by atoms with Crippen molar-refractivity contribution in [3.05, 3.63) is 46.0 Å². The van der Waals surface area contributed by atoms with Crippen molar-refractivity contribution in [1.82, 2.24) is 5.32 Å². The third kappa shape index (κ3) is 4.39. The number of nitro groups is 1. The van der Waals surface area contributed by atoms with Gasteiger partial charge in [-0.25, -0.2) is 0 Å². The van der Waals surface area contributed by atoms with Crippen molar-refractivity contribution in [1.29, 1.82) is 0 Å². The number of nitrogens with zero attached hydrogens (tertiary/aromatic N) is 1. The van der Waals surface area contributed by atoms with Gasteiger partial charge in [0.05, 0.1) is 11.0 Å². The van der Waals surface area contributed by atoms with Crippen LogP contribution < -0.4 is 5.32 Å². The van der Waals surface area contributed by atoms with E-state index in [1.54, 1.807) is 12.1 Å². The summed E-state index contributed by atoms with van der Waals surface area (Å²) in [5.74, 6) is -0.138. The van der Waals surface area contributed by atoms with Gasteiger partial charge < -0.3 is 10.4 Å². The number of carbonyl (C=O) groups is 1. The number of hydrogen-bond donors (Lipinski definition) is 2. The lowest BCUT2D eigenvalue weighted by Crippen LogP contribution is -2.31. The van der Waals surface area contributed by atoms with E-state index in [4.69, 9.17) is 0 Å². The molecule has 6 nitrogen and oxygen atoms in total. The molecule has 0 spiro atoms. The van der Waals surface area contributed by atoms with Crippen LogP contribution in [0.15, 0.2) is 30.3 Å². The number of benzene rings is 1. The first-order valence-electron chi connectivity index (χ1n) is 6.94. The molecule has 21 heavy (non-hydrogen) atoms. The van der Waals surface area contributed by atoms with Gasteiger partial charge in [-0.2, -0.15) is 0 Å². The van der Waals surface area contributed by atoms with Crippen molar-refractivity contribution in [3.63, 3.8) is 0 Å². The quantitative estimate of drug-likeness (QED) is 0.492. The fourth-order valence-corrected chi connectivity index (χ4v) is 2.46. The van der Waals surface area contributed by atoms with Crippen LogP contribution in [0.4, 0.5) is 5.69 Å². The van der Waals surface area contributed by atoms with E-state index >= 15 is 0 Å². The monoisotopic (exact) mass is 290 g/mol. The number of amides is 1. The molecular formula is C15H18N2O4. The van der Waals surface area contributed by atoms with Crippen molar-refractivity contribution >= 4 is 17.7 Å². The van der Waals surface area contributed by atoms with Crippen LogP contribution in [0.25, 0.3) is 6.08 Å². The second-order valence-corrected chi connectivity index (χ2v) is 5.19. The Bertz CT molecular complexity index is 556. The normalized spacial score (nSPS) is 21.6. The van der Waals surface area contributed by atoms with Crippen molar-refractivity contribution in [2.45, 2.75) is 25.4 Å². The number of non-ortho nitro benzene ring substituents is 1. The van der Waals surface area contributed by atoms with E-state index in [0.717, 1.165) is 19.3 Å². The van der Waals surface area contributed by atoms with E-state index < -0.39 is 4.92 Å². The van der Waals surface area contributed by atoms with Gasteiger partial charge in [-0.3, -0.25) is 14.9 Å². The summed E-state index contributed by atoms with van der Waals surface area (Å²) in [4.78, 5) is 21.9. The number of aliphatic hydroxyl groups is 1. The van der Waals surface area contributed by atoms with Crippen LogP contribution >= 0.6 is 0 Å². The molecule has 0 heterocycles. The summed E-state index contributed by atoms with van der Waals surface area (Å²) < 4.78 is 0. The smallest absolute Gasteiger partial charge is 0.270 e. The Morgan fingerprint density at radius 1 is 1.48 bits per heavy atom. The van der Waals surface area contributed by atoms with Crippen LogP contribution in [0.2, 0.25) is 0 Å². The van der Waals surface area contributed by atoms with Gasteiger partial charge in [0.25, 0.3) is 5.69 Å². The van der Waals surface area contributed by atoms with Crippen LogP contribution in [0, 0.1) is 16.0 Å². The molecule has 0 aliphatic heterocycles. The van der Waals surface area contributed by atoms with E-state index in [9.17, 15) is 20.0 Å². The molecule has 1 fully saturated rings. The Morgan fingerprint density at radius 2 is 2.29 bits per heavy atom. The van der Waals surface area contributed by atoms with Gasteiger partial charge in [-0.1, -0.05) is 18.6 Å². The second-order valence-electron chi connectivity index (χ2n) is 5.19. The maximum atomic E-state index is 11.7. The fraction of sp³-hybridized carbons (Fsp3) is 0.400. The molecule has 2 unspecified atom stereocenters. The Kier molecular flexibility index (Phi) is 5.05. The van der Waals surface area contributed by atoms with E-state index in [-0.39, 0.29) is 23.6 Å². The molecule has 1 aliphatic rings. The number of carbonyl (C=O) groups excluding carboxylic acids is 1. The topological polar surface area (TPSA) is 92.5 Å². The highest BCUT2D eigenvalue weighted by molar-refractivity contribution is 5.91. The predicted molar refractivity (Wildman–Crippen MR) is 78.5 cm³/mol. The first-order chi connectivity index (χ1) is 10.1. The molecule has 0 bridgehead atoms. The van der Waals surface area contributed by atoms with Gasteiger partial charge in [0, 0.05) is 30.7 Å². The average Bonchev–Trinajstić information content (AvgIpc) is 2.88. The lowest BCUT2D eigenvalue weighted by Gasteiger charge is -2.13. The standard InChI is InChI=1S/C15H18N2O4/c18-14-6-2-4-12(14)10-16-15(19)8-7-11-3-1-5-13(9-11)17(20)21/h1,3,5,7-9,12,14,18H,2,4,6,10H2,(H,16,19). The van der Waals surface area contributed by atoms with Crippen LogP contribution in [0.1, 0.15) is 24.8 Å². The second kappa shape index (κ2) is 6.99. The highest BCUT2D eigenvalue weighted by Gasteiger charge is 2.24. The molecule has 1 amide bonds. The highest BCUT2D eigenvalue weighted by Crippen LogP contribution is 2.24. The molecule has 2 N–H and O–H groups in total. The van der Waals surface area contributed by atoms with Crippen LogP contribution in [0.3, 0.4) is 0 Å². The number of rotatable bonds is 5. The van der Waals surface area contributed by atoms with Gasteiger partial charge in [0.15, 0.2) is 0 Å². The Morgan fingerprint density at radius 3 is 2.95 bits per heavy atom. The number of hydrogen-bond acceptors (Lipinski definition) is 4. The average molecular weight is 290 g/mol. The molecular weight excluding hydrogens is 272 g/mol. The third-order valence-electron chi connectivity index (χ3n) is 3.67. The minimum absolute atomic E-state index is 0.00774. The highest BCUT2D eigenvalue weighted by atomic mass is 16.6. The molecule has 2 atom stereocenters. The third-order valence-corrected chi connectivity index (χ3v) is 3.67. The van der Waals surface area contributed by atoms with Crippen molar-refractivity contribution in [2.75, 3.05) is 6.54 Å². The van der Waals surface area contributed by atoms with E-state index in [2.05, 4.69) is 5.32 Å². The van der Waals surface area contributed by atoms with Gasteiger partial charge >= 0.3 is 0 Å². The summed E-state index contributed by atoms with van der Waals surface area (Å²) in [6.07, 6.45) is 5.27. The zero-order chi connectivity index (χ0) is 15.2. The minimum Gasteiger partial charge on any atom is -0.393 e. The van der Waals surface area contributed by atoms with Gasteiger partial charge in [0.1, 0.15) is 0 Å². The first kappa shape index (κ1) is 15.2. The SMILES string of the molecule is O=C(C=Cc1cccc([N+](=O)[O-])c1)NCC1CCCC1O. The first-order valence-corrected chi connectivity index (χ1v) is 6.94. The van der Waals surface area contributed by atoms with E-state index in [0.29, 0.717) is 12.1 Å².